The molecule has 0 radical (unpaired) electrons. The normalized spacial score (nSPS) is 10.2. The molecule has 1 amide bonds. The Bertz CT molecular complexity index is 1990. The summed E-state index contributed by atoms with van der Waals surface area (Å²) in [7, 11) is 0. The smallest absolute Gasteiger partial charge is 0.343 e. The first-order chi connectivity index (χ1) is 25.1. The van der Waals surface area contributed by atoms with E-state index in [2.05, 4.69) is 5.32 Å². The van der Waals surface area contributed by atoms with E-state index in [4.69, 9.17) is 18.9 Å². The molecule has 1 N–H and O–H groups in total. The Hall–Kier alpha value is -6.67. The number of ether oxygens (including phenoxy) is 4. The highest BCUT2D eigenvalue weighted by Crippen LogP contribution is 2.21. The molecule has 0 aliphatic heterocycles. The minimum Gasteiger partial charge on any atom is -0.458 e. The molecule has 0 fully saturated rings. The Morgan fingerprint density at radius 1 is 0.404 bits per heavy atom. The van der Waals surface area contributed by atoms with Gasteiger partial charge in [0.2, 0.25) is 6.79 Å². The fraction of sp³-hybridized carbons (Fsp3) is 0.114. The highest BCUT2D eigenvalue weighted by molar-refractivity contribution is 6.04. The van der Waals surface area contributed by atoms with Crippen LogP contribution in [-0.2, 0) is 0 Å². The molecule has 6 aromatic rings. The van der Waals surface area contributed by atoms with E-state index in [-0.39, 0.29) is 18.7 Å². The van der Waals surface area contributed by atoms with Gasteiger partial charge in [-0.2, -0.15) is 0 Å². The fourth-order valence-corrected chi connectivity index (χ4v) is 4.63. The van der Waals surface area contributed by atoms with Gasteiger partial charge in [-0.15, -0.1) is 0 Å². The van der Waals surface area contributed by atoms with Crippen LogP contribution in [0.3, 0.4) is 0 Å². The first-order valence-electron chi connectivity index (χ1n) is 16.6. The van der Waals surface area contributed by atoms with Gasteiger partial charge in [0.05, 0.1) is 11.1 Å². The maximum atomic E-state index is 12.2. The largest absolute Gasteiger partial charge is 0.458 e. The molecular weight excluding hydrogens is 654 g/mol. The number of hydrogen-bond donors (Lipinski definition) is 1. The van der Waals surface area contributed by atoms with Crippen molar-refractivity contribution in [3.8, 4) is 23.0 Å². The van der Waals surface area contributed by atoms with E-state index in [0.717, 1.165) is 22.4 Å². The standard InChI is InChI=1S/C22H19NO3.C22H20O4/c1-15-3-7-17(8-4-15)21(24)23-19-11-13-20(14-12-19)26-22(25)18-9-5-16(2)6-10-18;1-16-3-7-18(8-4-16)22(23)26-21-13-11-20(12-14-21)25-15-24-19-9-5-17(2)6-10-19/h3-14H,1-2H3,(H,23,24);3-14H,15H2,1-2H3. The Morgan fingerprint density at radius 3 is 1.12 bits per heavy atom. The van der Waals surface area contributed by atoms with Crippen LogP contribution in [0.1, 0.15) is 53.3 Å². The number of anilines is 1. The molecule has 0 aromatic heterocycles. The van der Waals surface area contributed by atoms with Crippen molar-refractivity contribution in [1.29, 1.82) is 0 Å². The average Bonchev–Trinajstić information content (AvgIpc) is 3.15. The van der Waals surface area contributed by atoms with Gasteiger partial charge >= 0.3 is 11.9 Å². The van der Waals surface area contributed by atoms with Crippen LogP contribution in [0.25, 0.3) is 0 Å². The number of esters is 2. The van der Waals surface area contributed by atoms with Crippen LogP contribution in [0.2, 0.25) is 0 Å². The second kappa shape index (κ2) is 17.8. The molecule has 0 spiro atoms. The van der Waals surface area contributed by atoms with Crippen LogP contribution < -0.4 is 24.3 Å². The van der Waals surface area contributed by atoms with E-state index >= 15 is 0 Å². The molecule has 0 atom stereocenters. The first kappa shape index (κ1) is 36.6. The Kier molecular flexibility index (Phi) is 12.5. The Balaban J connectivity index is 0.000000201. The maximum absolute atomic E-state index is 12.2. The summed E-state index contributed by atoms with van der Waals surface area (Å²) in [5, 5.41) is 2.82. The molecule has 8 heteroatoms. The number of amides is 1. The Labute approximate surface area is 303 Å². The van der Waals surface area contributed by atoms with E-state index < -0.39 is 5.97 Å². The minimum atomic E-state index is -0.415. The van der Waals surface area contributed by atoms with Crippen molar-refractivity contribution in [2.24, 2.45) is 0 Å². The molecule has 262 valence electrons. The van der Waals surface area contributed by atoms with Gasteiger partial charge in [-0.1, -0.05) is 70.8 Å². The van der Waals surface area contributed by atoms with Crippen molar-refractivity contribution in [3.63, 3.8) is 0 Å². The third kappa shape index (κ3) is 11.2. The van der Waals surface area contributed by atoms with Crippen molar-refractivity contribution < 1.29 is 33.3 Å². The van der Waals surface area contributed by atoms with Crippen molar-refractivity contribution in [2.75, 3.05) is 12.1 Å². The molecular formula is C44H39NO7. The lowest BCUT2D eigenvalue weighted by Crippen LogP contribution is -2.12. The fourth-order valence-electron chi connectivity index (χ4n) is 4.63. The number of carbonyl (C=O) groups excluding carboxylic acids is 3. The number of aryl methyl sites for hydroxylation is 4. The molecule has 0 saturated heterocycles. The monoisotopic (exact) mass is 693 g/mol. The zero-order valence-electron chi connectivity index (χ0n) is 29.4. The van der Waals surface area contributed by atoms with Crippen molar-refractivity contribution in [3.05, 3.63) is 185 Å². The van der Waals surface area contributed by atoms with Gasteiger partial charge in [-0.05, 0) is 125 Å². The number of rotatable bonds is 10. The van der Waals surface area contributed by atoms with E-state index in [9.17, 15) is 14.4 Å². The number of benzene rings is 6. The summed E-state index contributed by atoms with van der Waals surface area (Å²) < 4.78 is 21.8. The van der Waals surface area contributed by atoms with Gasteiger partial charge < -0.3 is 24.3 Å². The molecule has 0 aliphatic carbocycles. The van der Waals surface area contributed by atoms with Gasteiger partial charge in [-0.3, -0.25) is 4.79 Å². The highest BCUT2D eigenvalue weighted by atomic mass is 16.7. The van der Waals surface area contributed by atoms with E-state index in [0.29, 0.717) is 39.6 Å². The van der Waals surface area contributed by atoms with Crippen LogP contribution in [-0.4, -0.2) is 24.6 Å². The van der Waals surface area contributed by atoms with Crippen LogP contribution in [0, 0.1) is 27.7 Å². The van der Waals surface area contributed by atoms with Gasteiger partial charge in [0.25, 0.3) is 5.91 Å². The second-order valence-corrected chi connectivity index (χ2v) is 12.0. The lowest BCUT2D eigenvalue weighted by molar-refractivity contribution is 0.0725. The lowest BCUT2D eigenvalue weighted by Gasteiger charge is -2.09. The summed E-state index contributed by atoms with van der Waals surface area (Å²) >= 11 is 0. The van der Waals surface area contributed by atoms with Gasteiger partial charge in [-0.25, -0.2) is 9.59 Å². The van der Waals surface area contributed by atoms with Crippen LogP contribution in [0.5, 0.6) is 23.0 Å². The topological polar surface area (TPSA) is 100 Å². The molecule has 52 heavy (non-hydrogen) atoms. The summed E-state index contributed by atoms with van der Waals surface area (Å²) in [4.78, 5) is 36.4. The van der Waals surface area contributed by atoms with Gasteiger partial charge in [0.15, 0.2) is 0 Å². The quantitative estimate of drug-likeness (QED) is 0.0866. The molecule has 0 heterocycles. The molecule has 8 nitrogen and oxygen atoms in total. The van der Waals surface area contributed by atoms with Crippen LogP contribution in [0.4, 0.5) is 5.69 Å². The predicted octanol–water partition coefficient (Wildman–Crippen LogP) is 9.71. The highest BCUT2D eigenvalue weighted by Gasteiger charge is 2.10. The molecule has 0 unspecified atom stereocenters. The molecule has 0 saturated carbocycles. The minimum absolute atomic E-state index is 0.103. The summed E-state index contributed by atoms with van der Waals surface area (Å²) in [6.45, 7) is 8.02. The van der Waals surface area contributed by atoms with Crippen molar-refractivity contribution >= 4 is 23.5 Å². The van der Waals surface area contributed by atoms with Crippen LogP contribution in [0.15, 0.2) is 146 Å². The zero-order valence-corrected chi connectivity index (χ0v) is 29.4. The van der Waals surface area contributed by atoms with Crippen molar-refractivity contribution in [2.45, 2.75) is 27.7 Å². The molecule has 6 rings (SSSR count). The number of hydrogen-bond acceptors (Lipinski definition) is 7. The van der Waals surface area contributed by atoms with Gasteiger partial charge in [0, 0.05) is 11.3 Å². The van der Waals surface area contributed by atoms with E-state index in [1.807, 2.05) is 88.4 Å². The van der Waals surface area contributed by atoms with E-state index in [1.165, 1.54) is 5.56 Å². The summed E-state index contributed by atoms with van der Waals surface area (Å²) in [5.41, 5.74) is 6.67. The SMILES string of the molecule is Cc1ccc(C(=O)Nc2ccc(OC(=O)c3ccc(C)cc3)cc2)cc1.Cc1ccc(OCOc2ccc(OC(=O)c3ccc(C)cc3)cc2)cc1. The summed E-state index contributed by atoms with van der Waals surface area (Å²) in [5.74, 6) is 1.27. The molecule has 6 aromatic carbocycles. The third-order valence-electron chi connectivity index (χ3n) is 7.72. The van der Waals surface area contributed by atoms with Crippen molar-refractivity contribution in [1.82, 2.24) is 0 Å². The Morgan fingerprint density at radius 2 is 0.712 bits per heavy atom. The molecule has 0 bridgehead atoms. The van der Waals surface area contributed by atoms with Crippen LogP contribution >= 0.6 is 0 Å². The van der Waals surface area contributed by atoms with Gasteiger partial charge in [0.1, 0.15) is 23.0 Å². The molecule has 0 aliphatic rings. The average molecular weight is 694 g/mol. The number of carbonyl (C=O) groups is 3. The number of nitrogens with one attached hydrogen (secondary N) is 1. The summed E-state index contributed by atoms with van der Waals surface area (Å²) in [6.07, 6.45) is 0. The van der Waals surface area contributed by atoms with E-state index in [1.54, 1.807) is 84.9 Å². The maximum Gasteiger partial charge on any atom is 0.343 e. The zero-order chi connectivity index (χ0) is 36.9. The second-order valence-electron chi connectivity index (χ2n) is 12.0. The lowest BCUT2D eigenvalue weighted by atomic mass is 10.1. The third-order valence-corrected chi connectivity index (χ3v) is 7.72. The summed E-state index contributed by atoms with van der Waals surface area (Å²) in [6, 6.07) is 43.1. The first-order valence-corrected chi connectivity index (χ1v) is 16.6. The predicted molar refractivity (Wildman–Crippen MR) is 202 cm³/mol.